The summed E-state index contributed by atoms with van der Waals surface area (Å²) >= 11 is 1.25. The minimum Gasteiger partial charge on any atom is -0.395 e. The molecule has 2 amide bonds. The van der Waals surface area contributed by atoms with Crippen LogP contribution in [0.4, 0.5) is 0 Å². The highest BCUT2D eigenvalue weighted by atomic mass is 32.1. The van der Waals surface area contributed by atoms with Crippen molar-refractivity contribution in [3.8, 4) is 0 Å². The molecule has 0 unspecified atom stereocenters. The predicted octanol–water partition coefficient (Wildman–Crippen LogP) is 1.79. The number of rotatable bonds is 4. The molecule has 136 valence electrons. The highest BCUT2D eigenvalue weighted by molar-refractivity contribution is 7.15. The van der Waals surface area contributed by atoms with E-state index < -0.39 is 0 Å². The molecule has 2 fully saturated rings. The molecule has 0 bridgehead atoms. The Hall–Kier alpha value is -1.73. The lowest BCUT2D eigenvalue weighted by molar-refractivity contribution is -0.139. The number of amides is 2. The van der Waals surface area contributed by atoms with Gasteiger partial charge in [-0.1, -0.05) is 0 Å². The van der Waals surface area contributed by atoms with Crippen LogP contribution in [0, 0.1) is 5.41 Å². The molecule has 7 heteroatoms. The summed E-state index contributed by atoms with van der Waals surface area (Å²) in [6.45, 7) is 3.79. The van der Waals surface area contributed by atoms with E-state index in [2.05, 4.69) is 0 Å². The molecule has 0 saturated carbocycles. The molecular formula is C18H24N2O4S. The van der Waals surface area contributed by atoms with Gasteiger partial charge in [-0.25, -0.2) is 0 Å². The Morgan fingerprint density at radius 2 is 2.00 bits per heavy atom. The van der Waals surface area contributed by atoms with Crippen molar-refractivity contribution in [1.82, 2.24) is 9.80 Å². The van der Waals surface area contributed by atoms with Gasteiger partial charge in [-0.15, -0.1) is 11.3 Å². The van der Waals surface area contributed by atoms with Crippen LogP contribution in [-0.4, -0.2) is 65.3 Å². The number of hydrogen-bond acceptors (Lipinski definition) is 5. The van der Waals surface area contributed by atoms with Gasteiger partial charge in [-0.05, 0) is 38.3 Å². The van der Waals surface area contributed by atoms with Gasteiger partial charge in [0, 0.05) is 38.0 Å². The summed E-state index contributed by atoms with van der Waals surface area (Å²) in [4.78, 5) is 41.1. The lowest BCUT2D eigenvalue weighted by atomic mass is 9.73. The van der Waals surface area contributed by atoms with Gasteiger partial charge in [0.05, 0.1) is 16.4 Å². The van der Waals surface area contributed by atoms with Gasteiger partial charge in [0.25, 0.3) is 5.91 Å². The van der Waals surface area contributed by atoms with Crippen LogP contribution in [0.3, 0.4) is 0 Å². The first-order valence-electron chi connectivity index (χ1n) is 8.73. The molecule has 3 rings (SSSR count). The Balaban J connectivity index is 1.72. The Bertz CT molecular complexity index is 686. The third kappa shape index (κ3) is 3.77. The van der Waals surface area contributed by atoms with Crippen molar-refractivity contribution in [2.24, 2.45) is 5.41 Å². The minimum absolute atomic E-state index is 0.0235. The number of aliphatic hydroxyl groups excluding tert-OH is 1. The van der Waals surface area contributed by atoms with Crippen molar-refractivity contribution in [3.63, 3.8) is 0 Å². The molecule has 0 aromatic carbocycles. The Morgan fingerprint density at radius 3 is 2.68 bits per heavy atom. The zero-order valence-electron chi connectivity index (χ0n) is 14.5. The second-order valence-electron chi connectivity index (χ2n) is 7.09. The standard InChI is InChI=1S/C18H24N2O4S/c1-13(22)14-3-4-15(25-14)17(24)20-8-2-6-18(12-20)7-5-16(23)19(11-18)9-10-21/h3-4,21H,2,5-12H2,1H3/t18-/m0/s1. The van der Waals surface area contributed by atoms with Crippen LogP contribution in [0.25, 0.3) is 0 Å². The monoisotopic (exact) mass is 364 g/mol. The summed E-state index contributed by atoms with van der Waals surface area (Å²) in [5.74, 6) is 0.0410. The molecule has 3 heterocycles. The molecule has 0 radical (unpaired) electrons. The summed E-state index contributed by atoms with van der Waals surface area (Å²) in [5, 5.41) is 9.17. The fourth-order valence-electron chi connectivity index (χ4n) is 3.94. The third-order valence-corrected chi connectivity index (χ3v) is 6.40. The summed E-state index contributed by atoms with van der Waals surface area (Å²) in [5.41, 5.74) is -0.0718. The quantitative estimate of drug-likeness (QED) is 0.826. The van der Waals surface area contributed by atoms with Crippen LogP contribution >= 0.6 is 11.3 Å². The minimum atomic E-state index is -0.0718. The van der Waals surface area contributed by atoms with E-state index in [1.807, 2.05) is 4.90 Å². The van der Waals surface area contributed by atoms with Gasteiger partial charge in [-0.3, -0.25) is 14.4 Å². The number of carbonyl (C=O) groups is 3. The zero-order valence-corrected chi connectivity index (χ0v) is 15.3. The van der Waals surface area contributed by atoms with Crippen molar-refractivity contribution in [3.05, 3.63) is 21.9 Å². The predicted molar refractivity (Wildman–Crippen MR) is 94.8 cm³/mol. The number of β-amino-alcohol motifs (C(OH)–C–C–N with tert-alkyl or cyclic N) is 1. The van der Waals surface area contributed by atoms with Gasteiger partial charge >= 0.3 is 0 Å². The van der Waals surface area contributed by atoms with E-state index in [0.29, 0.717) is 42.4 Å². The van der Waals surface area contributed by atoms with Crippen LogP contribution in [0.5, 0.6) is 0 Å². The molecule has 6 nitrogen and oxygen atoms in total. The van der Waals surface area contributed by atoms with Crippen molar-refractivity contribution in [1.29, 1.82) is 0 Å². The van der Waals surface area contributed by atoms with E-state index in [0.717, 1.165) is 19.3 Å². The first-order valence-corrected chi connectivity index (χ1v) is 9.54. The van der Waals surface area contributed by atoms with Crippen LogP contribution < -0.4 is 0 Å². The molecule has 1 aromatic heterocycles. The number of nitrogens with zero attached hydrogens (tertiary/aromatic N) is 2. The van der Waals surface area contributed by atoms with E-state index in [1.54, 1.807) is 17.0 Å². The number of carbonyl (C=O) groups excluding carboxylic acids is 3. The molecular weight excluding hydrogens is 340 g/mol. The van der Waals surface area contributed by atoms with E-state index in [4.69, 9.17) is 0 Å². The zero-order chi connectivity index (χ0) is 18.0. The third-order valence-electron chi connectivity index (χ3n) is 5.23. The van der Waals surface area contributed by atoms with Gasteiger partial charge < -0.3 is 14.9 Å². The van der Waals surface area contributed by atoms with Gasteiger partial charge in [0.15, 0.2) is 5.78 Å². The number of aliphatic hydroxyl groups is 1. The van der Waals surface area contributed by atoms with Gasteiger partial charge in [0.1, 0.15) is 0 Å². The number of likely N-dealkylation sites (tertiary alicyclic amines) is 2. The molecule has 2 aliphatic heterocycles. The molecule has 1 aromatic rings. The highest BCUT2D eigenvalue weighted by Crippen LogP contribution is 2.39. The van der Waals surface area contributed by atoms with Gasteiger partial charge in [-0.2, -0.15) is 0 Å². The van der Waals surface area contributed by atoms with Gasteiger partial charge in [0.2, 0.25) is 5.91 Å². The van der Waals surface area contributed by atoms with Crippen molar-refractivity contribution in [2.45, 2.75) is 32.6 Å². The van der Waals surface area contributed by atoms with E-state index in [-0.39, 0.29) is 29.6 Å². The molecule has 2 saturated heterocycles. The van der Waals surface area contributed by atoms with Crippen molar-refractivity contribution in [2.75, 3.05) is 32.8 Å². The van der Waals surface area contributed by atoms with Crippen LogP contribution in [0.1, 0.15) is 52.0 Å². The number of ketones is 1. The maximum absolute atomic E-state index is 12.8. The largest absolute Gasteiger partial charge is 0.395 e. The van der Waals surface area contributed by atoms with Crippen LogP contribution in [0.2, 0.25) is 0 Å². The summed E-state index contributed by atoms with van der Waals surface area (Å²) in [6, 6.07) is 3.44. The Labute approximate surface area is 151 Å². The maximum atomic E-state index is 12.8. The summed E-state index contributed by atoms with van der Waals surface area (Å²) in [7, 11) is 0. The average molecular weight is 364 g/mol. The van der Waals surface area contributed by atoms with Crippen LogP contribution in [0.15, 0.2) is 12.1 Å². The maximum Gasteiger partial charge on any atom is 0.263 e. The first kappa shape index (κ1) is 18.1. The SMILES string of the molecule is CC(=O)c1ccc(C(=O)N2CCC[C@@]3(CCC(=O)N(CCO)C3)C2)s1. The number of Topliss-reactive ketones (excluding diaryl/α,β-unsaturated/α-hetero) is 1. The second kappa shape index (κ2) is 7.25. The highest BCUT2D eigenvalue weighted by Gasteiger charge is 2.42. The average Bonchev–Trinajstić information content (AvgIpc) is 3.08. The smallest absolute Gasteiger partial charge is 0.263 e. The van der Waals surface area contributed by atoms with E-state index >= 15 is 0 Å². The fraction of sp³-hybridized carbons (Fsp3) is 0.611. The number of thiophene rings is 1. The lowest BCUT2D eigenvalue weighted by Gasteiger charge is -2.48. The lowest BCUT2D eigenvalue weighted by Crippen LogP contribution is -2.55. The van der Waals surface area contributed by atoms with Crippen LogP contribution in [-0.2, 0) is 4.79 Å². The molecule has 1 N–H and O–H groups in total. The topological polar surface area (TPSA) is 77.9 Å². The van der Waals surface area contributed by atoms with Crippen molar-refractivity contribution >= 4 is 28.9 Å². The van der Waals surface area contributed by atoms with Crippen molar-refractivity contribution < 1.29 is 19.5 Å². The van der Waals surface area contributed by atoms with E-state index in [9.17, 15) is 19.5 Å². The summed E-state index contributed by atoms with van der Waals surface area (Å²) < 4.78 is 0. The fourth-order valence-corrected chi connectivity index (χ4v) is 4.81. The normalized spacial score (nSPS) is 24.0. The molecule has 1 atom stereocenters. The summed E-state index contributed by atoms with van der Waals surface area (Å²) in [6.07, 6.45) is 3.18. The molecule has 2 aliphatic rings. The first-order chi connectivity index (χ1) is 11.9. The Morgan fingerprint density at radius 1 is 1.24 bits per heavy atom. The molecule has 0 aliphatic carbocycles. The Kier molecular flexibility index (Phi) is 5.24. The number of hydrogen-bond donors (Lipinski definition) is 1. The number of piperidine rings is 2. The van der Waals surface area contributed by atoms with E-state index in [1.165, 1.54) is 18.3 Å². The molecule has 1 spiro atoms. The second-order valence-corrected chi connectivity index (χ2v) is 8.17. The molecule has 25 heavy (non-hydrogen) atoms.